The Hall–Kier alpha value is -2.08. The number of esters is 1. The van der Waals surface area contributed by atoms with Crippen LogP contribution in [0.5, 0.6) is 5.75 Å². The molecule has 1 aliphatic carbocycles. The first kappa shape index (κ1) is 22.6. The summed E-state index contributed by atoms with van der Waals surface area (Å²) in [6, 6.07) is 15.7. The number of hydrogen-bond acceptors (Lipinski definition) is 5. The third-order valence-corrected chi connectivity index (χ3v) is 5.73. The van der Waals surface area contributed by atoms with Gasteiger partial charge in [-0.15, -0.1) is 0 Å². The molecule has 162 valence electrons. The van der Waals surface area contributed by atoms with Gasteiger partial charge in [0.2, 0.25) is 0 Å². The minimum Gasteiger partial charge on any atom is -0.482 e. The van der Waals surface area contributed by atoms with Crippen LogP contribution in [0.15, 0.2) is 48.5 Å². The highest BCUT2D eigenvalue weighted by Gasteiger charge is 2.24. The number of aliphatic hydroxyl groups excluding tert-OH is 1. The number of aliphatic hydroxyl groups is 1. The molecule has 5 nitrogen and oxygen atoms in total. The lowest BCUT2D eigenvalue weighted by atomic mass is 9.81. The van der Waals surface area contributed by atoms with E-state index in [1.165, 1.54) is 5.56 Å². The van der Waals surface area contributed by atoms with Gasteiger partial charge in [0.15, 0.2) is 6.61 Å². The van der Waals surface area contributed by atoms with Crippen LogP contribution in [-0.2, 0) is 9.53 Å². The maximum Gasteiger partial charge on any atom is 0.344 e. The Labute approximate surface area is 183 Å². The van der Waals surface area contributed by atoms with Gasteiger partial charge in [0.25, 0.3) is 0 Å². The number of benzene rings is 2. The topological polar surface area (TPSA) is 67.8 Å². The van der Waals surface area contributed by atoms with Crippen molar-refractivity contribution in [1.82, 2.24) is 5.32 Å². The summed E-state index contributed by atoms with van der Waals surface area (Å²) in [5.41, 5.74) is 2.05. The van der Waals surface area contributed by atoms with Crippen molar-refractivity contribution in [2.75, 3.05) is 19.8 Å². The Bertz CT molecular complexity index is 828. The number of rotatable bonds is 9. The molecule has 1 fully saturated rings. The maximum atomic E-state index is 11.5. The lowest BCUT2D eigenvalue weighted by Crippen LogP contribution is -2.36. The number of hydrogen-bond donors (Lipinski definition) is 2. The van der Waals surface area contributed by atoms with Crippen LogP contribution in [0.1, 0.15) is 55.8 Å². The molecule has 2 N–H and O–H groups in total. The molecular weight excluding hydrogens is 402 g/mol. The molecule has 0 amide bonds. The van der Waals surface area contributed by atoms with Crippen molar-refractivity contribution in [1.29, 1.82) is 0 Å². The minimum absolute atomic E-state index is 0.0759. The summed E-state index contributed by atoms with van der Waals surface area (Å²) in [5, 5.41) is 14.6. The van der Waals surface area contributed by atoms with Crippen molar-refractivity contribution in [2.45, 2.75) is 50.7 Å². The van der Waals surface area contributed by atoms with Crippen molar-refractivity contribution in [3.63, 3.8) is 0 Å². The van der Waals surface area contributed by atoms with E-state index in [9.17, 15) is 9.90 Å². The fourth-order valence-corrected chi connectivity index (χ4v) is 4.19. The summed E-state index contributed by atoms with van der Waals surface area (Å²) in [4.78, 5) is 11.5. The van der Waals surface area contributed by atoms with Gasteiger partial charge < -0.3 is 19.9 Å². The van der Waals surface area contributed by atoms with Gasteiger partial charge in [0, 0.05) is 17.6 Å². The van der Waals surface area contributed by atoms with Crippen molar-refractivity contribution in [2.24, 2.45) is 0 Å². The smallest absolute Gasteiger partial charge is 0.344 e. The SMILES string of the molecule is CCOC(=O)COc1cccc([C@H]2CCC[C@H](NCC(O)c3cccc(Cl)c3)C2)c1. The fourth-order valence-electron chi connectivity index (χ4n) is 3.99. The average Bonchev–Trinajstić information content (AvgIpc) is 2.77. The molecule has 0 bridgehead atoms. The number of halogens is 1. The molecule has 0 spiro atoms. The number of nitrogens with one attached hydrogen (secondary N) is 1. The van der Waals surface area contributed by atoms with Crippen molar-refractivity contribution in [3.05, 3.63) is 64.7 Å². The van der Waals surface area contributed by atoms with Crippen LogP contribution in [0, 0.1) is 0 Å². The Morgan fingerprint density at radius 1 is 1.23 bits per heavy atom. The number of ether oxygens (including phenoxy) is 2. The summed E-state index contributed by atoms with van der Waals surface area (Å²) >= 11 is 6.03. The third kappa shape index (κ3) is 6.73. The Kier molecular flexibility index (Phi) is 8.55. The van der Waals surface area contributed by atoms with Crippen LogP contribution >= 0.6 is 11.6 Å². The molecule has 0 heterocycles. The maximum absolute atomic E-state index is 11.5. The van der Waals surface area contributed by atoms with Gasteiger partial charge in [-0.1, -0.05) is 42.3 Å². The first-order valence-electron chi connectivity index (χ1n) is 10.6. The molecule has 3 rings (SSSR count). The second-order valence-corrected chi connectivity index (χ2v) is 8.14. The van der Waals surface area contributed by atoms with E-state index in [4.69, 9.17) is 21.1 Å². The Balaban J connectivity index is 1.53. The quantitative estimate of drug-likeness (QED) is 0.566. The second-order valence-electron chi connectivity index (χ2n) is 7.71. The third-order valence-electron chi connectivity index (χ3n) is 5.50. The lowest BCUT2D eigenvalue weighted by Gasteiger charge is -2.31. The molecule has 6 heteroatoms. The predicted molar refractivity (Wildman–Crippen MR) is 118 cm³/mol. The summed E-state index contributed by atoms with van der Waals surface area (Å²) in [6.07, 6.45) is 3.77. The molecule has 0 aromatic heterocycles. The molecule has 0 saturated heterocycles. The standard InChI is InChI=1S/C24H30ClNO4/c1-2-29-24(28)16-30-22-11-5-7-18(14-22)17-6-4-10-21(13-17)26-15-23(27)19-8-3-9-20(25)12-19/h3,5,7-9,11-12,14,17,21,23,26-27H,2,4,6,10,13,15-16H2,1H3/t17-,21-,23?/m0/s1. The van der Waals surface area contributed by atoms with Gasteiger partial charge in [-0.3, -0.25) is 0 Å². The first-order valence-corrected chi connectivity index (χ1v) is 11.0. The van der Waals surface area contributed by atoms with Gasteiger partial charge in [-0.25, -0.2) is 4.79 Å². The summed E-state index contributed by atoms with van der Waals surface area (Å²) in [7, 11) is 0. The normalized spacial score (nSPS) is 19.8. The van der Waals surface area contributed by atoms with Gasteiger partial charge in [0.1, 0.15) is 5.75 Å². The average molecular weight is 432 g/mol. The monoisotopic (exact) mass is 431 g/mol. The molecule has 1 saturated carbocycles. The van der Waals surface area contributed by atoms with Crippen molar-refractivity contribution in [3.8, 4) is 5.75 Å². The molecule has 1 unspecified atom stereocenters. The highest BCUT2D eigenvalue weighted by atomic mass is 35.5. The van der Waals surface area contributed by atoms with Crippen molar-refractivity contribution < 1.29 is 19.4 Å². The van der Waals surface area contributed by atoms with Gasteiger partial charge in [-0.05, 0) is 67.5 Å². The summed E-state index contributed by atoms with van der Waals surface area (Å²) in [5.74, 6) is 0.751. The highest BCUT2D eigenvalue weighted by molar-refractivity contribution is 6.30. The second kappa shape index (κ2) is 11.3. The molecule has 0 aliphatic heterocycles. The van der Waals surface area contributed by atoms with E-state index in [0.717, 1.165) is 31.2 Å². The van der Waals surface area contributed by atoms with Crippen LogP contribution in [0.3, 0.4) is 0 Å². The van der Waals surface area contributed by atoms with E-state index in [-0.39, 0.29) is 12.6 Å². The highest BCUT2D eigenvalue weighted by Crippen LogP contribution is 2.34. The molecular formula is C24H30ClNO4. The molecule has 2 aromatic rings. The molecule has 0 radical (unpaired) electrons. The van der Waals surface area contributed by atoms with Gasteiger partial charge in [-0.2, -0.15) is 0 Å². The van der Waals surface area contributed by atoms with E-state index in [2.05, 4.69) is 11.4 Å². The van der Waals surface area contributed by atoms with Crippen LogP contribution < -0.4 is 10.1 Å². The summed E-state index contributed by atoms with van der Waals surface area (Å²) in [6.45, 7) is 2.55. The fraction of sp³-hybridized carbons (Fsp3) is 0.458. The molecule has 30 heavy (non-hydrogen) atoms. The molecule has 3 atom stereocenters. The minimum atomic E-state index is -0.580. The number of carbonyl (C=O) groups is 1. The van der Waals surface area contributed by atoms with Crippen molar-refractivity contribution >= 4 is 17.6 Å². The van der Waals surface area contributed by atoms with Crippen LogP contribution in [0.4, 0.5) is 0 Å². The molecule has 2 aromatic carbocycles. The van der Waals surface area contributed by atoms with E-state index in [1.807, 2.05) is 36.4 Å². The number of carbonyl (C=O) groups excluding carboxylic acids is 1. The Morgan fingerprint density at radius 2 is 2.07 bits per heavy atom. The van der Waals surface area contributed by atoms with Gasteiger partial charge in [0.05, 0.1) is 12.7 Å². The zero-order valence-electron chi connectivity index (χ0n) is 17.4. The van der Waals surface area contributed by atoms with Crippen LogP contribution in [0.2, 0.25) is 5.02 Å². The summed E-state index contributed by atoms with van der Waals surface area (Å²) < 4.78 is 10.5. The molecule has 1 aliphatic rings. The van der Waals surface area contributed by atoms with Crippen LogP contribution in [0.25, 0.3) is 0 Å². The largest absolute Gasteiger partial charge is 0.482 e. The predicted octanol–water partition coefficient (Wildman–Crippen LogP) is 4.63. The zero-order valence-corrected chi connectivity index (χ0v) is 18.1. The van der Waals surface area contributed by atoms with E-state index in [1.54, 1.807) is 13.0 Å². The lowest BCUT2D eigenvalue weighted by molar-refractivity contribution is -0.145. The van der Waals surface area contributed by atoms with Crippen LogP contribution in [-0.4, -0.2) is 36.9 Å². The van der Waals surface area contributed by atoms with E-state index >= 15 is 0 Å². The van der Waals surface area contributed by atoms with Gasteiger partial charge >= 0.3 is 5.97 Å². The zero-order chi connectivity index (χ0) is 21.3. The van der Waals surface area contributed by atoms with E-state index < -0.39 is 6.10 Å². The Morgan fingerprint density at radius 3 is 2.87 bits per heavy atom. The van der Waals surface area contributed by atoms with E-state index in [0.29, 0.717) is 35.9 Å². The first-order chi connectivity index (χ1) is 14.5.